The zero-order valence-corrected chi connectivity index (χ0v) is 11.3. The van der Waals surface area contributed by atoms with Crippen LogP contribution >= 0.6 is 0 Å². The highest BCUT2D eigenvalue weighted by atomic mass is 19.1. The summed E-state index contributed by atoms with van der Waals surface area (Å²) in [4.78, 5) is 28.4. The third kappa shape index (κ3) is 1.65. The third-order valence-corrected chi connectivity index (χ3v) is 3.70. The van der Waals surface area contributed by atoms with E-state index in [0.29, 0.717) is 16.9 Å². The number of carbonyl (C=O) groups is 2. The molecule has 22 heavy (non-hydrogen) atoms. The number of Topliss-reactive ketones (excluding diaryl/α,β-unsaturated/α-hetero) is 2. The van der Waals surface area contributed by atoms with Gasteiger partial charge in [-0.3, -0.25) is 14.2 Å². The molecule has 0 unspecified atom stereocenters. The maximum atomic E-state index is 13.1. The van der Waals surface area contributed by atoms with Crippen molar-refractivity contribution in [2.24, 2.45) is 0 Å². The van der Waals surface area contributed by atoms with Gasteiger partial charge in [0.1, 0.15) is 5.82 Å². The largest absolute Gasteiger partial charge is 0.289 e. The third-order valence-electron chi connectivity index (χ3n) is 3.70. The molecule has 3 aromatic rings. The van der Waals surface area contributed by atoms with Crippen molar-refractivity contribution in [1.82, 2.24) is 9.55 Å². The van der Waals surface area contributed by atoms with Crippen molar-refractivity contribution in [1.29, 1.82) is 0 Å². The second kappa shape index (κ2) is 4.46. The summed E-state index contributed by atoms with van der Waals surface area (Å²) in [6.45, 7) is 0. The lowest BCUT2D eigenvalue weighted by molar-refractivity contribution is 0.0805. The number of benzene rings is 2. The number of carbonyl (C=O) groups excluding carboxylic acids is 2. The Morgan fingerprint density at radius 1 is 0.909 bits per heavy atom. The maximum absolute atomic E-state index is 13.1. The number of fused-ring (bicyclic) bond motifs is 3. The molecule has 4 rings (SSSR count). The van der Waals surface area contributed by atoms with Gasteiger partial charge in [-0.05, 0) is 36.4 Å². The van der Waals surface area contributed by atoms with Gasteiger partial charge in [0.15, 0.2) is 5.82 Å². The summed E-state index contributed by atoms with van der Waals surface area (Å²) in [5.41, 5.74) is 2.32. The molecule has 5 heteroatoms. The normalized spacial score (nSPS) is 13.0. The summed E-state index contributed by atoms with van der Waals surface area (Å²) >= 11 is 0. The van der Waals surface area contributed by atoms with Crippen LogP contribution in [0.4, 0.5) is 4.39 Å². The van der Waals surface area contributed by atoms with Gasteiger partial charge in [-0.1, -0.05) is 12.1 Å². The van der Waals surface area contributed by atoms with Crippen molar-refractivity contribution in [3.8, 4) is 16.9 Å². The van der Waals surface area contributed by atoms with Gasteiger partial charge in [0, 0.05) is 5.56 Å². The molecule has 0 fully saturated rings. The molecule has 0 spiro atoms. The second-order valence-electron chi connectivity index (χ2n) is 4.98. The lowest BCUT2D eigenvalue weighted by Gasteiger charge is -2.18. The van der Waals surface area contributed by atoms with Gasteiger partial charge in [-0.25, -0.2) is 9.37 Å². The minimum absolute atomic E-state index is 0.0861. The molecule has 1 aromatic heterocycles. The van der Waals surface area contributed by atoms with E-state index in [1.54, 1.807) is 41.0 Å². The zero-order valence-electron chi connectivity index (χ0n) is 11.3. The Balaban J connectivity index is 2.01. The monoisotopic (exact) mass is 292 g/mol. The Kier molecular flexibility index (Phi) is 2.56. The first-order valence-electron chi connectivity index (χ1n) is 6.69. The molecule has 0 bridgehead atoms. The summed E-state index contributed by atoms with van der Waals surface area (Å²) in [5, 5.41) is 0. The molecule has 0 saturated heterocycles. The van der Waals surface area contributed by atoms with Gasteiger partial charge in [-0.15, -0.1) is 0 Å². The van der Waals surface area contributed by atoms with Gasteiger partial charge in [0.25, 0.3) is 5.78 Å². The average molecular weight is 292 g/mol. The number of ketones is 2. The van der Waals surface area contributed by atoms with E-state index in [0.717, 1.165) is 5.56 Å². The number of hydrogen-bond donors (Lipinski definition) is 0. The van der Waals surface area contributed by atoms with Crippen LogP contribution in [-0.2, 0) is 0 Å². The molecule has 0 amide bonds. The summed E-state index contributed by atoms with van der Waals surface area (Å²) in [7, 11) is 0. The van der Waals surface area contributed by atoms with Gasteiger partial charge in [-0.2, -0.15) is 0 Å². The Labute approximate surface area is 124 Å². The van der Waals surface area contributed by atoms with E-state index in [1.807, 2.05) is 0 Å². The molecule has 2 heterocycles. The first-order valence-corrected chi connectivity index (χ1v) is 6.69. The second-order valence-corrected chi connectivity index (χ2v) is 4.98. The van der Waals surface area contributed by atoms with Crippen LogP contribution in [-0.4, -0.2) is 21.1 Å². The van der Waals surface area contributed by atoms with Crippen LogP contribution < -0.4 is 0 Å². The molecule has 0 N–H and O–H groups in total. The number of imidazole rings is 1. The Morgan fingerprint density at radius 2 is 1.64 bits per heavy atom. The van der Waals surface area contributed by atoms with Crippen molar-refractivity contribution >= 4 is 11.6 Å². The van der Waals surface area contributed by atoms with E-state index in [9.17, 15) is 14.0 Å². The van der Waals surface area contributed by atoms with Crippen molar-refractivity contribution in [3.05, 3.63) is 71.9 Å². The Morgan fingerprint density at radius 3 is 2.41 bits per heavy atom. The first kappa shape index (κ1) is 12.6. The summed E-state index contributed by atoms with van der Waals surface area (Å²) in [6.07, 6.45) is 1.52. The van der Waals surface area contributed by atoms with Crippen molar-refractivity contribution in [2.75, 3.05) is 0 Å². The van der Waals surface area contributed by atoms with Crippen LogP contribution in [0.15, 0.2) is 54.7 Å². The highest BCUT2D eigenvalue weighted by molar-refractivity contribution is 6.50. The van der Waals surface area contributed by atoms with Gasteiger partial charge in [0.2, 0.25) is 5.78 Å². The summed E-state index contributed by atoms with van der Waals surface area (Å²) in [5.74, 6) is -1.44. The van der Waals surface area contributed by atoms with Gasteiger partial charge >= 0.3 is 0 Å². The fraction of sp³-hybridized carbons (Fsp3) is 0. The number of aromatic nitrogens is 2. The standard InChI is InChI=1S/C17H9FN2O2/c18-11-7-5-10(6-8-11)14-9-19-17-16(22)15(21)12-3-1-2-4-13(12)20(14)17/h1-9H. The average Bonchev–Trinajstić information content (AvgIpc) is 2.98. The minimum Gasteiger partial charge on any atom is -0.289 e. The Hall–Kier alpha value is -3.08. The first-order chi connectivity index (χ1) is 10.7. The quantitative estimate of drug-likeness (QED) is 0.648. The number of rotatable bonds is 1. The van der Waals surface area contributed by atoms with E-state index in [1.165, 1.54) is 18.3 Å². The molecule has 4 nitrogen and oxygen atoms in total. The highest BCUT2D eigenvalue weighted by Gasteiger charge is 2.33. The summed E-state index contributed by atoms with van der Waals surface area (Å²) < 4.78 is 14.7. The van der Waals surface area contributed by atoms with Gasteiger partial charge < -0.3 is 0 Å². The fourth-order valence-electron chi connectivity index (χ4n) is 2.66. The molecule has 0 saturated carbocycles. The minimum atomic E-state index is -0.632. The molecular formula is C17H9FN2O2. The van der Waals surface area contributed by atoms with Crippen LogP contribution in [0.25, 0.3) is 16.9 Å². The van der Waals surface area contributed by atoms with Crippen LogP contribution in [0, 0.1) is 5.82 Å². The lowest BCUT2D eigenvalue weighted by atomic mass is 10.0. The van der Waals surface area contributed by atoms with Crippen LogP contribution in [0.1, 0.15) is 21.0 Å². The molecule has 2 aromatic carbocycles. The van der Waals surface area contributed by atoms with Crippen molar-refractivity contribution in [2.45, 2.75) is 0 Å². The maximum Gasteiger partial charge on any atom is 0.269 e. The SMILES string of the molecule is O=C1C(=O)c2ncc(-c3ccc(F)cc3)n2-c2ccccc21. The smallest absolute Gasteiger partial charge is 0.269 e. The number of hydrogen-bond acceptors (Lipinski definition) is 3. The molecule has 0 radical (unpaired) electrons. The molecule has 0 atom stereocenters. The number of nitrogens with zero attached hydrogens (tertiary/aromatic N) is 2. The van der Waals surface area contributed by atoms with E-state index < -0.39 is 11.6 Å². The fourth-order valence-corrected chi connectivity index (χ4v) is 2.66. The molecule has 0 aliphatic carbocycles. The zero-order chi connectivity index (χ0) is 15.3. The lowest BCUT2D eigenvalue weighted by Crippen LogP contribution is -2.26. The molecular weight excluding hydrogens is 283 g/mol. The van der Waals surface area contributed by atoms with E-state index >= 15 is 0 Å². The van der Waals surface area contributed by atoms with Crippen LogP contribution in [0.3, 0.4) is 0 Å². The Bertz CT molecular complexity index is 926. The number of halogens is 1. The van der Waals surface area contributed by atoms with Gasteiger partial charge in [0.05, 0.1) is 23.1 Å². The number of para-hydroxylation sites is 1. The van der Waals surface area contributed by atoms with Crippen molar-refractivity contribution in [3.63, 3.8) is 0 Å². The summed E-state index contributed by atoms with van der Waals surface area (Å²) in [6, 6.07) is 12.8. The van der Waals surface area contributed by atoms with Crippen molar-refractivity contribution < 1.29 is 14.0 Å². The molecule has 1 aliphatic heterocycles. The van der Waals surface area contributed by atoms with Crippen LogP contribution in [0.2, 0.25) is 0 Å². The predicted molar refractivity (Wildman–Crippen MR) is 77.6 cm³/mol. The molecule has 106 valence electrons. The molecule has 1 aliphatic rings. The topological polar surface area (TPSA) is 52.0 Å². The van der Waals surface area contributed by atoms with E-state index in [2.05, 4.69) is 4.98 Å². The van der Waals surface area contributed by atoms with Crippen LogP contribution in [0.5, 0.6) is 0 Å². The van der Waals surface area contributed by atoms with E-state index in [-0.39, 0.29) is 11.6 Å². The van der Waals surface area contributed by atoms with E-state index in [4.69, 9.17) is 0 Å². The highest BCUT2D eigenvalue weighted by Crippen LogP contribution is 2.31. The predicted octanol–water partition coefficient (Wildman–Crippen LogP) is 3.06.